The van der Waals surface area contributed by atoms with Gasteiger partial charge >= 0.3 is 0 Å². The maximum atomic E-state index is 11.2. The second kappa shape index (κ2) is 17.7. The van der Waals surface area contributed by atoms with Crippen LogP contribution >= 0.6 is 0 Å². The van der Waals surface area contributed by atoms with Crippen molar-refractivity contribution in [3.8, 4) is 28.7 Å². The first kappa shape index (κ1) is 35.0. The van der Waals surface area contributed by atoms with E-state index >= 15 is 0 Å². The molecule has 250 valence electrons. The Morgan fingerprint density at radius 1 is 0.739 bits per heavy atom. The molecule has 4 N–H and O–H groups in total. The first-order valence-corrected chi connectivity index (χ1v) is 17.0. The number of ether oxygens (including phenoxy) is 3. The quantitative estimate of drug-likeness (QED) is 0.111. The van der Waals surface area contributed by atoms with E-state index in [-0.39, 0.29) is 11.5 Å². The van der Waals surface area contributed by atoms with E-state index in [1.54, 1.807) is 19.2 Å². The number of benzene rings is 3. The largest absolute Gasteiger partial charge is 0.507 e. The minimum absolute atomic E-state index is 0.0704. The first-order valence-electron chi connectivity index (χ1n) is 17.0. The highest BCUT2D eigenvalue weighted by Crippen LogP contribution is 2.34. The van der Waals surface area contributed by atoms with Crippen LogP contribution in [0.3, 0.4) is 0 Å². The number of aliphatic imine (C=N–C) groups is 1. The van der Waals surface area contributed by atoms with E-state index < -0.39 is 12.3 Å². The Kier molecular flexibility index (Phi) is 13.4. The second-order valence-corrected chi connectivity index (χ2v) is 12.3. The number of phenolic OH excluding ortho intramolecular Hbond substituents is 2. The SMILES string of the molecule is CCCCC(CC)COc1ccc(C2=NC(c3ccc(OC)cc3)NC(c3ccc(OCC(CC)CCCC)cc3O)N2)c(O)c1. The van der Waals surface area contributed by atoms with Crippen molar-refractivity contribution in [1.82, 2.24) is 10.6 Å². The molecule has 0 saturated carbocycles. The molecule has 3 aromatic carbocycles. The predicted octanol–water partition coefficient (Wildman–Crippen LogP) is 8.63. The average Bonchev–Trinajstić information content (AvgIpc) is 3.08. The molecular weight excluding hydrogens is 578 g/mol. The number of amidine groups is 1. The normalized spacial score (nSPS) is 17.5. The van der Waals surface area contributed by atoms with Gasteiger partial charge in [0.2, 0.25) is 0 Å². The van der Waals surface area contributed by atoms with Gasteiger partial charge in [-0.2, -0.15) is 0 Å². The molecule has 0 amide bonds. The summed E-state index contributed by atoms with van der Waals surface area (Å²) in [5.74, 6) is 3.68. The van der Waals surface area contributed by atoms with Crippen LogP contribution in [0.4, 0.5) is 0 Å². The molecular formula is C38H53N3O5. The topological polar surface area (TPSA) is 105 Å². The van der Waals surface area contributed by atoms with Crippen molar-refractivity contribution in [1.29, 1.82) is 0 Å². The van der Waals surface area contributed by atoms with Crippen LogP contribution in [0, 0.1) is 11.8 Å². The molecule has 0 aromatic heterocycles. The molecule has 0 spiro atoms. The summed E-state index contributed by atoms with van der Waals surface area (Å²) in [6.07, 6.45) is 8.16. The van der Waals surface area contributed by atoms with Crippen LogP contribution in [-0.4, -0.2) is 36.4 Å². The number of nitrogens with zero attached hydrogens (tertiary/aromatic N) is 1. The molecule has 8 nitrogen and oxygen atoms in total. The summed E-state index contributed by atoms with van der Waals surface area (Å²) in [5.41, 5.74) is 2.11. The Balaban J connectivity index is 1.56. The fraction of sp³-hybridized carbons (Fsp3) is 0.500. The van der Waals surface area contributed by atoms with Crippen LogP contribution in [0.1, 0.15) is 108 Å². The van der Waals surface area contributed by atoms with E-state index in [9.17, 15) is 10.2 Å². The molecule has 3 aromatic rings. The Morgan fingerprint density at radius 3 is 1.83 bits per heavy atom. The molecule has 1 aliphatic heterocycles. The molecule has 1 heterocycles. The number of nitrogens with one attached hydrogen (secondary N) is 2. The van der Waals surface area contributed by atoms with Crippen molar-refractivity contribution >= 4 is 5.84 Å². The smallest absolute Gasteiger partial charge is 0.135 e. The molecule has 1 aliphatic rings. The minimum atomic E-state index is -0.499. The van der Waals surface area contributed by atoms with Gasteiger partial charge in [0.1, 0.15) is 46.9 Å². The lowest BCUT2D eigenvalue weighted by atomic mass is 10.0. The van der Waals surface area contributed by atoms with Gasteiger partial charge in [0.05, 0.1) is 25.9 Å². The van der Waals surface area contributed by atoms with Crippen LogP contribution < -0.4 is 24.8 Å². The van der Waals surface area contributed by atoms with Crippen LogP contribution in [0.25, 0.3) is 0 Å². The maximum Gasteiger partial charge on any atom is 0.135 e. The van der Waals surface area contributed by atoms with Crippen molar-refractivity contribution in [2.75, 3.05) is 20.3 Å². The molecule has 46 heavy (non-hydrogen) atoms. The van der Waals surface area contributed by atoms with Gasteiger partial charge in [-0.3, -0.25) is 5.32 Å². The molecule has 0 radical (unpaired) electrons. The number of aromatic hydroxyl groups is 2. The predicted molar refractivity (Wildman–Crippen MR) is 185 cm³/mol. The summed E-state index contributed by atoms with van der Waals surface area (Å²) in [7, 11) is 1.64. The van der Waals surface area contributed by atoms with Crippen molar-refractivity contribution in [2.45, 2.75) is 91.4 Å². The van der Waals surface area contributed by atoms with Crippen LogP contribution in [0.15, 0.2) is 65.7 Å². The third-order valence-electron chi connectivity index (χ3n) is 8.89. The zero-order chi connectivity index (χ0) is 32.9. The van der Waals surface area contributed by atoms with Gasteiger partial charge in [-0.05, 0) is 66.6 Å². The van der Waals surface area contributed by atoms with Gasteiger partial charge in [-0.15, -0.1) is 0 Å². The fourth-order valence-corrected chi connectivity index (χ4v) is 5.69. The summed E-state index contributed by atoms with van der Waals surface area (Å²) in [6, 6.07) is 18.5. The van der Waals surface area contributed by atoms with Crippen LogP contribution in [0.5, 0.6) is 28.7 Å². The van der Waals surface area contributed by atoms with Gasteiger partial charge in [0, 0.05) is 17.7 Å². The van der Waals surface area contributed by atoms with Crippen LogP contribution in [0.2, 0.25) is 0 Å². The molecule has 0 fully saturated rings. The van der Waals surface area contributed by atoms with Gasteiger partial charge < -0.3 is 29.7 Å². The average molecular weight is 632 g/mol. The summed E-state index contributed by atoms with van der Waals surface area (Å²) >= 11 is 0. The van der Waals surface area contributed by atoms with E-state index in [1.807, 2.05) is 48.5 Å². The zero-order valence-corrected chi connectivity index (χ0v) is 28.2. The van der Waals surface area contributed by atoms with Gasteiger partial charge in [0.15, 0.2) is 0 Å². The molecule has 4 unspecified atom stereocenters. The standard InChI is InChI=1S/C38H53N3O5/c1-6-10-12-26(8-3)24-45-30-18-20-32(34(42)22-30)37-39-36(28-14-16-29(44-5)17-15-28)40-38(41-37)33-21-19-31(23-35(33)43)46-25-27(9-4)13-11-7-2/h14-23,26-27,36-37,39,42-43H,6-13,24-25H2,1-5H3,(H,40,41). The van der Waals surface area contributed by atoms with Gasteiger partial charge in [-0.25, -0.2) is 4.99 Å². The summed E-state index contributed by atoms with van der Waals surface area (Å²) in [5, 5.41) is 29.2. The van der Waals surface area contributed by atoms with Crippen molar-refractivity contribution < 1.29 is 24.4 Å². The van der Waals surface area contributed by atoms with E-state index in [4.69, 9.17) is 19.2 Å². The summed E-state index contributed by atoms with van der Waals surface area (Å²) < 4.78 is 17.5. The zero-order valence-electron chi connectivity index (χ0n) is 28.2. The maximum absolute atomic E-state index is 11.2. The summed E-state index contributed by atoms with van der Waals surface area (Å²) in [4.78, 5) is 4.94. The minimum Gasteiger partial charge on any atom is -0.507 e. The molecule has 0 aliphatic carbocycles. The number of hydrogen-bond acceptors (Lipinski definition) is 8. The number of unbranched alkanes of at least 4 members (excludes halogenated alkanes) is 2. The van der Waals surface area contributed by atoms with E-state index in [0.717, 1.165) is 37.0 Å². The third kappa shape index (κ3) is 9.55. The second-order valence-electron chi connectivity index (χ2n) is 12.3. The Hall–Kier alpha value is -3.91. The monoisotopic (exact) mass is 631 g/mol. The van der Waals surface area contributed by atoms with Gasteiger partial charge in [-0.1, -0.05) is 78.4 Å². The van der Waals surface area contributed by atoms with E-state index in [0.29, 0.717) is 53.5 Å². The Labute approximate surface area is 275 Å². The number of rotatable bonds is 18. The third-order valence-corrected chi connectivity index (χ3v) is 8.89. The molecule has 4 rings (SSSR count). The first-order chi connectivity index (χ1) is 22.4. The highest BCUT2D eigenvalue weighted by Gasteiger charge is 2.28. The van der Waals surface area contributed by atoms with Crippen molar-refractivity contribution in [2.24, 2.45) is 16.8 Å². The van der Waals surface area contributed by atoms with E-state index in [2.05, 4.69) is 38.3 Å². The van der Waals surface area contributed by atoms with Gasteiger partial charge in [0.25, 0.3) is 0 Å². The lowest BCUT2D eigenvalue weighted by Gasteiger charge is -2.32. The number of hydrogen-bond donors (Lipinski definition) is 4. The Morgan fingerprint density at radius 2 is 1.30 bits per heavy atom. The lowest BCUT2D eigenvalue weighted by Crippen LogP contribution is -2.45. The van der Waals surface area contributed by atoms with Crippen LogP contribution in [-0.2, 0) is 0 Å². The lowest BCUT2D eigenvalue weighted by molar-refractivity contribution is 0.232. The van der Waals surface area contributed by atoms with Crippen molar-refractivity contribution in [3.63, 3.8) is 0 Å². The number of methoxy groups -OCH3 is 1. The van der Waals surface area contributed by atoms with Crippen molar-refractivity contribution in [3.05, 3.63) is 77.4 Å². The molecule has 0 bridgehead atoms. The molecule has 8 heteroatoms. The number of phenols is 2. The Bertz CT molecular complexity index is 1390. The highest BCUT2D eigenvalue weighted by molar-refractivity contribution is 6.02. The van der Waals surface area contributed by atoms with E-state index in [1.165, 1.54) is 25.7 Å². The highest BCUT2D eigenvalue weighted by atomic mass is 16.5. The molecule has 4 atom stereocenters. The fourth-order valence-electron chi connectivity index (χ4n) is 5.69. The summed E-state index contributed by atoms with van der Waals surface area (Å²) in [6.45, 7) is 10.0. The molecule has 0 saturated heterocycles.